The Morgan fingerprint density at radius 2 is 2.28 bits per heavy atom. The molecule has 1 aromatic carbocycles. The van der Waals surface area contributed by atoms with Crippen LogP contribution in [0.3, 0.4) is 0 Å². The average Bonchev–Trinajstić information content (AvgIpc) is 2.84. The molecule has 2 atom stereocenters. The van der Waals surface area contributed by atoms with Gasteiger partial charge in [0.15, 0.2) is 0 Å². The number of piperidine rings is 1. The molecule has 1 aliphatic heterocycles. The van der Waals surface area contributed by atoms with Gasteiger partial charge in [0.2, 0.25) is 0 Å². The molecule has 0 spiro atoms. The van der Waals surface area contributed by atoms with Gasteiger partial charge >= 0.3 is 0 Å². The van der Waals surface area contributed by atoms with Gasteiger partial charge in [-0.2, -0.15) is 0 Å². The molecule has 0 amide bonds. The minimum atomic E-state index is 0.266. The molecule has 1 aromatic heterocycles. The van der Waals surface area contributed by atoms with E-state index in [4.69, 9.17) is 0 Å². The molecule has 96 valence electrons. The highest BCUT2D eigenvalue weighted by atomic mass is 15.1. The SMILES string of the molecule is CC(NC1CCCNC1)c1nc2ccccc2[nH]1. The molecule has 2 unspecified atom stereocenters. The molecule has 1 saturated heterocycles. The van der Waals surface area contributed by atoms with Gasteiger partial charge in [0, 0.05) is 12.6 Å². The number of hydrogen-bond donors (Lipinski definition) is 3. The standard InChI is InChI=1S/C14H20N4/c1-10(16-11-5-4-8-15-9-11)14-17-12-6-2-3-7-13(12)18-14/h2-3,6-7,10-11,15-16H,4-5,8-9H2,1H3,(H,17,18). The normalized spacial score (nSPS) is 22.2. The van der Waals surface area contributed by atoms with Crippen molar-refractivity contribution in [1.29, 1.82) is 0 Å². The molecule has 1 fully saturated rings. The summed E-state index contributed by atoms with van der Waals surface area (Å²) in [5, 5.41) is 7.06. The van der Waals surface area contributed by atoms with E-state index < -0.39 is 0 Å². The number of benzene rings is 1. The van der Waals surface area contributed by atoms with Gasteiger partial charge in [-0.25, -0.2) is 4.98 Å². The van der Waals surface area contributed by atoms with Crippen molar-refractivity contribution in [1.82, 2.24) is 20.6 Å². The van der Waals surface area contributed by atoms with Crippen LogP contribution in [-0.4, -0.2) is 29.1 Å². The molecular formula is C14H20N4. The van der Waals surface area contributed by atoms with Crippen LogP contribution in [-0.2, 0) is 0 Å². The molecule has 1 aliphatic rings. The third kappa shape index (κ3) is 2.40. The van der Waals surface area contributed by atoms with Crippen LogP contribution >= 0.6 is 0 Å². The summed E-state index contributed by atoms with van der Waals surface area (Å²) in [5.41, 5.74) is 2.16. The molecule has 3 rings (SSSR count). The van der Waals surface area contributed by atoms with Gasteiger partial charge in [0.25, 0.3) is 0 Å². The van der Waals surface area contributed by atoms with Crippen molar-refractivity contribution in [3.63, 3.8) is 0 Å². The van der Waals surface area contributed by atoms with Crippen molar-refractivity contribution in [2.45, 2.75) is 31.8 Å². The highest BCUT2D eigenvalue weighted by molar-refractivity contribution is 5.74. The smallest absolute Gasteiger partial charge is 0.124 e. The predicted octanol–water partition coefficient (Wildman–Crippen LogP) is 1.97. The Labute approximate surface area is 107 Å². The van der Waals surface area contributed by atoms with E-state index in [9.17, 15) is 0 Å². The van der Waals surface area contributed by atoms with E-state index in [-0.39, 0.29) is 6.04 Å². The second-order valence-corrected chi connectivity index (χ2v) is 5.07. The minimum Gasteiger partial charge on any atom is -0.341 e. The Bertz CT molecular complexity index is 480. The summed E-state index contributed by atoms with van der Waals surface area (Å²) >= 11 is 0. The molecule has 0 radical (unpaired) electrons. The lowest BCUT2D eigenvalue weighted by molar-refractivity contribution is 0.357. The molecule has 0 bridgehead atoms. The number of H-pyrrole nitrogens is 1. The third-order valence-electron chi connectivity index (χ3n) is 3.60. The van der Waals surface area contributed by atoms with E-state index in [1.807, 2.05) is 18.2 Å². The Morgan fingerprint density at radius 3 is 3.06 bits per heavy atom. The van der Waals surface area contributed by atoms with Crippen LogP contribution in [0.2, 0.25) is 0 Å². The zero-order valence-corrected chi connectivity index (χ0v) is 10.7. The van der Waals surface area contributed by atoms with Crippen LogP contribution in [0.4, 0.5) is 0 Å². The fourth-order valence-electron chi connectivity index (χ4n) is 2.60. The van der Waals surface area contributed by atoms with Gasteiger partial charge in [-0.1, -0.05) is 12.1 Å². The summed E-state index contributed by atoms with van der Waals surface area (Å²) in [6.45, 7) is 4.38. The van der Waals surface area contributed by atoms with Crippen molar-refractivity contribution in [3.8, 4) is 0 Å². The molecule has 4 nitrogen and oxygen atoms in total. The van der Waals surface area contributed by atoms with E-state index in [1.54, 1.807) is 0 Å². The lowest BCUT2D eigenvalue weighted by Crippen LogP contribution is -2.44. The van der Waals surface area contributed by atoms with E-state index in [0.29, 0.717) is 6.04 Å². The number of aromatic nitrogens is 2. The van der Waals surface area contributed by atoms with E-state index in [0.717, 1.165) is 29.9 Å². The molecule has 4 heteroatoms. The molecule has 18 heavy (non-hydrogen) atoms. The first kappa shape index (κ1) is 11.7. The van der Waals surface area contributed by atoms with Crippen molar-refractivity contribution in [3.05, 3.63) is 30.1 Å². The van der Waals surface area contributed by atoms with Crippen molar-refractivity contribution in [2.75, 3.05) is 13.1 Å². The number of fused-ring (bicyclic) bond motifs is 1. The number of imidazole rings is 1. The maximum Gasteiger partial charge on any atom is 0.124 e. The quantitative estimate of drug-likeness (QED) is 0.773. The second-order valence-electron chi connectivity index (χ2n) is 5.07. The maximum absolute atomic E-state index is 4.64. The number of nitrogens with zero attached hydrogens (tertiary/aromatic N) is 1. The summed E-state index contributed by atoms with van der Waals surface area (Å²) in [5.74, 6) is 1.03. The topological polar surface area (TPSA) is 52.7 Å². The summed E-state index contributed by atoms with van der Waals surface area (Å²) in [7, 11) is 0. The molecule has 0 saturated carbocycles. The van der Waals surface area contributed by atoms with Crippen LogP contribution in [0.1, 0.15) is 31.6 Å². The van der Waals surface area contributed by atoms with Crippen LogP contribution in [0, 0.1) is 0 Å². The number of rotatable bonds is 3. The zero-order chi connectivity index (χ0) is 12.4. The Morgan fingerprint density at radius 1 is 1.39 bits per heavy atom. The predicted molar refractivity (Wildman–Crippen MR) is 73.5 cm³/mol. The summed E-state index contributed by atoms with van der Waals surface area (Å²) < 4.78 is 0. The minimum absolute atomic E-state index is 0.266. The van der Waals surface area contributed by atoms with Crippen molar-refractivity contribution < 1.29 is 0 Å². The fourth-order valence-corrected chi connectivity index (χ4v) is 2.60. The highest BCUT2D eigenvalue weighted by Crippen LogP contribution is 2.16. The van der Waals surface area contributed by atoms with Crippen LogP contribution < -0.4 is 10.6 Å². The Kier molecular flexibility index (Phi) is 3.30. The first-order valence-corrected chi connectivity index (χ1v) is 6.74. The zero-order valence-electron chi connectivity index (χ0n) is 10.7. The van der Waals surface area contributed by atoms with Gasteiger partial charge < -0.3 is 15.6 Å². The van der Waals surface area contributed by atoms with Crippen molar-refractivity contribution in [2.24, 2.45) is 0 Å². The highest BCUT2D eigenvalue weighted by Gasteiger charge is 2.17. The number of aromatic amines is 1. The second kappa shape index (κ2) is 5.08. The molecule has 2 heterocycles. The summed E-state index contributed by atoms with van der Waals surface area (Å²) in [6.07, 6.45) is 2.50. The van der Waals surface area contributed by atoms with Crippen molar-refractivity contribution >= 4 is 11.0 Å². The molecule has 0 aliphatic carbocycles. The van der Waals surface area contributed by atoms with E-state index in [1.165, 1.54) is 12.8 Å². The molecular weight excluding hydrogens is 224 g/mol. The van der Waals surface area contributed by atoms with Gasteiger partial charge in [-0.15, -0.1) is 0 Å². The molecule has 3 N–H and O–H groups in total. The first-order chi connectivity index (χ1) is 8.83. The lowest BCUT2D eigenvalue weighted by Gasteiger charge is -2.26. The first-order valence-electron chi connectivity index (χ1n) is 6.74. The fraction of sp³-hybridized carbons (Fsp3) is 0.500. The monoisotopic (exact) mass is 244 g/mol. The molecule has 2 aromatic rings. The van der Waals surface area contributed by atoms with E-state index >= 15 is 0 Å². The maximum atomic E-state index is 4.64. The number of nitrogens with one attached hydrogen (secondary N) is 3. The Balaban J connectivity index is 1.72. The number of para-hydroxylation sites is 2. The van der Waals surface area contributed by atoms with Crippen LogP contribution in [0.5, 0.6) is 0 Å². The van der Waals surface area contributed by atoms with Crippen LogP contribution in [0.25, 0.3) is 11.0 Å². The van der Waals surface area contributed by atoms with Gasteiger partial charge in [-0.3, -0.25) is 0 Å². The number of hydrogen-bond acceptors (Lipinski definition) is 3. The average molecular weight is 244 g/mol. The van der Waals surface area contributed by atoms with Gasteiger partial charge in [-0.05, 0) is 38.4 Å². The summed E-state index contributed by atoms with van der Waals surface area (Å²) in [6, 6.07) is 9.00. The van der Waals surface area contributed by atoms with Crippen LogP contribution in [0.15, 0.2) is 24.3 Å². The van der Waals surface area contributed by atoms with Gasteiger partial charge in [0.1, 0.15) is 5.82 Å². The third-order valence-corrected chi connectivity index (χ3v) is 3.60. The largest absolute Gasteiger partial charge is 0.341 e. The summed E-state index contributed by atoms with van der Waals surface area (Å²) in [4.78, 5) is 8.03. The van der Waals surface area contributed by atoms with Gasteiger partial charge in [0.05, 0.1) is 17.1 Å². The van der Waals surface area contributed by atoms with E-state index in [2.05, 4.69) is 33.6 Å². The Hall–Kier alpha value is -1.39. The lowest BCUT2D eigenvalue weighted by atomic mass is 10.1.